The number of hydrogen-bond acceptors (Lipinski definition) is 4. The number of nitrogens with two attached hydrogens (primary N) is 1. The van der Waals surface area contributed by atoms with E-state index in [1.54, 1.807) is 0 Å². The second-order valence-corrected chi connectivity index (χ2v) is 5.80. The highest BCUT2D eigenvalue weighted by molar-refractivity contribution is 5.88. The molecule has 3 aromatic rings. The third-order valence-corrected chi connectivity index (χ3v) is 3.74. The van der Waals surface area contributed by atoms with Crippen molar-refractivity contribution in [3.8, 4) is 33.8 Å². The monoisotopic (exact) mass is 414 g/mol. The fourth-order valence-electron chi connectivity index (χ4n) is 2.65. The SMILES string of the molecule is Nc1c(-c2cccc(OC(F)(F)F)c2)cncc1-c1cccc(OC(F)(F)F)c1. The lowest BCUT2D eigenvalue weighted by atomic mass is 9.99. The number of aromatic nitrogens is 1. The van der Waals surface area contributed by atoms with Crippen LogP contribution in [0.25, 0.3) is 22.3 Å². The van der Waals surface area contributed by atoms with Gasteiger partial charge < -0.3 is 15.2 Å². The quantitative estimate of drug-likeness (QED) is 0.549. The molecule has 0 aliphatic rings. The smallest absolute Gasteiger partial charge is 0.406 e. The number of halogens is 6. The predicted octanol–water partition coefficient (Wildman–Crippen LogP) is 5.80. The van der Waals surface area contributed by atoms with Crippen LogP contribution in [-0.4, -0.2) is 17.7 Å². The zero-order chi connectivity index (χ0) is 21.2. The van der Waals surface area contributed by atoms with Crippen molar-refractivity contribution in [3.05, 3.63) is 60.9 Å². The van der Waals surface area contributed by atoms with Crippen LogP contribution in [0.2, 0.25) is 0 Å². The maximum absolute atomic E-state index is 12.4. The van der Waals surface area contributed by atoms with Crippen molar-refractivity contribution in [2.45, 2.75) is 12.7 Å². The zero-order valence-electron chi connectivity index (χ0n) is 14.4. The maximum Gasteiger partial charge on any atom is 0.573 e. The van der Waals surface area contributed by atoms with Gasteiger partial charge in [-0.1, -0.05) is 24.3 Å². The first kappa shape index (κ1) is 20.3. The van der Waals surface area contributed by atoms with Crippen LogP contribution in [0.5, 0.6) is 11.5 Å². The molecule has 29 heavy (non-hydrogen) atoms. The number of hydrogen-bond donors (Lipinski definition) is 1. The number of alkyl halides is 6. The molecule has 2 aromatic carbocycles. The molecule has 0 amide bonds. The Hall–Kier alpha value is -3.43. The van der Waals surface area contributed by atoms with Crippen LogP contribution in [0, 0.1) is 0 Å². The van der Waals surface area contributed by atoms with Crippen LogP contribution in [-0.2, 0) is 0 Å². The number of pyridine rings is 1. The van der Waals surface area contributed by atoms with E-state index < -0.39 is 24.2 Å². The summed E-state index contributed by atoms with van der Waals surface area (Å²) in [7, 11) is 0. The Labute approximate surface area is 160 Å². The van der Waals surface area contributed by atoms with E-state index in [-0.39, 0.29) is 16.8 Å². The molecule has 0 unspecified atom stereocenters. The first-order valence-corrected chi connectivity index (χ1v) is 7.98. The lowest BCUT2D eigenvalue weighted by Gasteiger charge is -2.14. The Morgan fingerprint density at radius 2 is 1.10 bits per heavy atom. The Kier molecular flexibility index (Phi) is 5.27. The third-order valence-electron chi connectivity index (χ3n) is 3.74. The second kappa shape index (κ2) is 7.53. The molecule has 152 valence electrons. The molecular formula is C19H12F6N2O2. The molecule has 0 spiro atoms. The fourth-order valence-corrected chi connectivity index (χ4v) is 2.65. The molecule has 0 saturated heterocycles. The summed E-state index contributed by atoms with van der Waals surface area (Å²) in [6.45, 7) is 0. The van der Waals surface area contributed by atoms with Gasteiger partial charge in [-0.3, -0.25) is 4.98 Å². The van der Waals surface area contributed by atoms with Gasteiger partial charge in [0.05, 0.1) is 5.69 Å². The van der Waals surface area contributed by atoms with Gasteiger partial charge in [-0.15, -0.1) is 26.3 Å². The van der Waals surface area contributed by atoms with E-state index in [1.807, 2.05) is 0 Å². The average molecular weight is 414 g/mol. The minimum Gasteiger partial charge on any atom is -0.406 e. The van der Waals surface area contributed by atoms with Crippen LogP contribution < -0.4 is 15.2 Å². The molecule has 0 aliphatic heterocycles. The fraction of sp³-hybridized carbons (Fsp3) is 0.105. The summed E-state index contributed by atoms with van der Waals surface area (Å²) in [5, 5.41) is 0. The van der Waals surface area contributed by atoms with Gasteiger partial charge in [-0.2, -0.15) is 0 Å². The standard InChI is InChI=1S/C19H12F6N2O2/c20-18(21,22)28-13-5-1-3-11(7-13)15-9-27-10-16(17(15)26)12-4-2-6-14(8-12)29-19(23,24)25/h1-10H,(H2,26,27). The summed E-state index contributed by atoms with van der Waals surface area (Å²) in [5.74, 6) is -0.888. The molecule has 0 bridgehead atoms. The molecule has 3 rings (SSSR count). The minimum absolute atomic E-state index is 0.119. The number of benzene rings is 2. The number of nitrogens with zero attached hydrogens (tertiary/aromatic N) is 1. The molecule has 10 heteroatoms. The van der Waals surface area contributed by atoms with Crippen molar-refractivity contribution in [2.24, 2.45) is 0 Å². The topological polar surface area (TPSA) is 57.4 Å². The Morgan fingerprint density at radius 1 is 0.690 bits per heavy atom. The largest absolute Gasteiger partial charge is 0.573 e. The van der Waals surface area contributed by atoms with Crippen molar-refractivity contribution >= 4 is 5.69 Å². The molecule has 1 aromatic heterocycles. The third kappa shape index (κ3) is 5.31. The number of anilines is 1. The summed E-state index contributed by atoms with van der Waals surface area (Å²) < 4.78 is 82.5. The average Bonchev–Trinajstić information content (AvgIpc) is 2.59. The van der Waals surface area contributed by atoms with Gasteiger partial charge in [0.25, 0.3) is 0 Å². The minimum atomic E-state index is -4.86. The summed E-state index contributed by atoms with van der Waals surface area (Å²) in [5.41, 5.74) is 7.42. The van der Waals surface area contributed by atoms with Gasteiger partial charge in [0.15, 0.2) is 0 Å². The van der Waals surface area contributed by atoms with Gasteiger partial charge in [0.2, 0.25) is 0 Å². The van der Waals surface area contributed by atoms with E-state index in [0.29, 0.717) is 11.1 Å². The van der Waals surface area contributed by atoms with Crippen molar-refractivity contribution in [1.82, 2.24) is 4.98 Å². The molecule has 1 heterocycles. The van der Waals surface area contributed by atoms with E-state index in [0.717, 1.165) is 24.3 Å². The van der Waals surface area contributed by atoms with Gasteiger partial charge in [-0.25, -0.2) is 0 Å². The van der Waals surface area contributed by atoms with Crippen molar-refractivity contribution in [2.75, 3.05) is 5.73 Å². The molecular weight excluding hydrogens is 402 g/mol. The lowest BCUT2D eigenvalue weighted by Crippen LogP contribution is -2.17. The number of rotatable bonds is 4. The van der Waals surface area contributed by atoms with Crippen LogP contribution in [0.4, 0.5) is 32.0 Å². The van der Waals surface area contributed by atoms with Crippen molar-refractivity contribution < 1.29 is 35.8 Å². The highest BCUT2D eigenvalue weighted by Gasteiger charge is 2.32. The van der Waals surface area contributed by atoms with E-state index in [9.17, 15) is 26.3 Å². The van der Waals surface area contributed by atoms with Gasteiger partial charge in [0.1, 0.15) is 11.5 Å². The lowest BCUT2D eigenvalue weighted by molar-refractivity contribution is -0.275. The Bertz CT molecular complexity index is 940. The summed E-state index contributed by atoms with van der Waals surface area (Å²) in [6.07, 6.45) is -7.05. The second-order valence-electron chi connectivity index (χ2n) is 5.80. The normalized spacial score (nSPS) is 11.9. The molecule has 0 saturated carbocycles. The first-order valence-electron chi connectivity index (χ1n) is 7.98. The van der Waals surface area contributed by atoms with Gasteiger partial charge >= 0.3 is 12.7 Å². The number of ether oxygens (including phenoxy) is 2. The summed E-state index contributed by atoms with van der Waals surface area (Å²) >= 11 is 0. The Morgan fingerprint density at radius 3 is 1.48 bits per heavy atom. The highest BCUT2D eigenvalue weighted by atomic mass is 19.4. The predicted molar refractivity (Wildman–Crippen MR) is 92.9 cm³/mol. The van der Waals surface area contributed by atoms with Crippen molar-refractivity contribution in [3.63, 3.8) is 0 Å². The van der Waals surface area contributed by atoms with Gasteiger partial charge in [0, 0.05) is 23.5 Å². The summed E-state index contributed by atoms with van der Waals surface area (Å²) in [4.78, 5) is 4.00. The van der Waals surface area contributed by atoms with Gasteiger partial charge in [-0.05, 0) is 35.4 Å². The molecule has 0 radical (unpaired) electrons. The van der Waals surface area contributed by atoms with Crippen LogP contribution in [0.15, 0.2) is 60.9 Å². The van der Waals surface area contributed by atoms with Crippen LogP contribution in [0.3, 0.4) is 0 Å². The van der Waals surface area contributed by atoms with Crippen LogP contribution >= 0.6 is 0 Å². The zero-order valence-corrected chi connectivity index (χ0v) is 14.4. The highest BCUT2D eigenvalue weighted by Crippen LogP contribution is 2.37. The Balaban J connectivity index is 1.99. The molecule has 0 atom stereocenters. The van der Waals surface area contributed by atoms with E-state index in [1.165, 1.54) is 36.7 Å². The molecule has 4 nitrogen and oxygen atoms in total. The van der Waals surface area contributed by atoms with E-state index >= 15 is 0 Å². The number of nitrogen functional groups attached to an aromatic ring is 1. The van der Waals surface area contributed by atoms with Crippen LogP contribution in [0.1, 0.15) is 0 Å². The van der Waals surface area contributed by atoms with E-state index in [2.05, 4.69) is 14.5 Å². The van der Waals surface area contributed by atoms with E-state index in [4.69, 9.17) is 5.73 Å². The molecule has 0 fully saturated rings. The summed E-state index contributed by atoms with van der Waals surface area (Å²) in [6, 6.07) is 10.2. The first-order chi connectivity index (χ1) is 13.5. The maximum atomic E-state index is 12.4. The molecule has 0 aliphatic carbocycles. The molecule has 2 N–H and O–H groups in total. The van der Waals surface area contributed by atoms with Crippen molar-refractivity contribution in [1.29, 1.82) is 0 Å².